The number of anilines is 2. The van der Waals surface area contributed by atoms with E-state index in [4.69, 9.17) is 4.74 Å². The van der Waals surface area contributed by atoms with Crippen molar-refractivity contribution in [3.8, 4) is 5.75 Å². The van der Waals surface area contributed by atoms with E-state index in [0.29, 0.717) is 22.7 Å². The highest BCUT2D eigenvalue weighted by Gasteiger charge is 2.13. The van der Waals surface area contributed by atoms with Crippen molar-refractivity contribution in [3.63, 3.8) is 0 Å². The Bertz CT molecular complexity index is 945. The van der Waals surface area contributed by atoms with Gasteiger partial charge in [-0.2, -0.15) is 0 Å². The molecule has 0 aliphatic rings. The van der Waals surface area contributed by atoms with Crippen molar-refractivity contribution >= 4 is 34.0 Å². The second-order valence-corrected chi connectivity index (χ2v) is 5.58. The number of rotatable bonds is 4. The van der Waals surface area contributed by atoms with E-state index in [0.717, 1.165) is 10.8 Å². The number of carbonyl (C=O) groups is 2. The van der Waals surface area contributed by atoms with Crippen LogP contribution in [0, 0.1) is 0 Å². The summed E-state index contributed by atoms with van der Waals surface area (Å²) in [6.07, 6.45) is 0. The number of benzene rings is 3. The molecular formula is C20H18N2O3. The molecule has 0 fully saturated rings. The summed E-state index contributed by atoms with van der Waals surface area (Å²) in [6.45, 7) is 1.43. The Labute approximate surface area is 145 Å². The van der Waals surface area contributed by atoms with Gasteiger partial charge in [0.1, 0.15) is 5.75 Å². The second-order valence-electron chi connectivity index (χ2n) is 5.58. The molecule has 3 rings (SSSR count). The Morgan fingerprint density at radius 1 is 0.920 bits per heavy atom. The van der Waals surface area contributed by atoms with Crippen LogP contribution in [0.4, 0.5) is 11.4 Å². The largest absolute Gasteiger partial charge is 0.495 e. The fraction of sp³-hybridized carbons (Fsp3) is 0.100. The maximum absolute atomic E-state index is 12.8. The maximum atomic E-state index is 12.8. The summed E-state index contributed by atoms with van der Waals surface area (Å²) in [7, 11) is 1.53. The van der Waals surface area contributed by atoms with Gasteiger partial charge in [-0.3, -0.25) is 9.59 Å². The quantitative estimate of drug-likeness (QED) is 0.756. The van der Waals surface area contributed by atoms with Crippen molar-refractivity contribution in [1.82, 2.24) is 0 Å². The highest BCUT2D eigenvalue weighted by Crippen LogP contribution is 2.29. The second kappa shape index (κ2) is 7.05. The standard InChI is InChI=1S/C20H18N2O3/c1-13(23)21-15-10-11-19(25-2)18(12-15)22-20(24)17-9-5-7-14-6-3-4-8-16(14)17/h3-12H,1-2H3,(H,21,23)(H,22,24). The summed E-state index contributed by atoms with van der Waals surface area (Å²) >= 11 is 0. The molecule has 0 aliphatic heterocycles. The molecule has 0 saturated heterocycles. The van der Waals surface area contributed by atoms with Gasteiger partial charge in [0.05, 0.1) is 12.8 Å². The number of carbonyl (C=O) groups excluding carboxylic acids is 2. The molecule has 0 aliphatic carbocycles. The molecule has 0 bridgehead atoms. The molecule has 5 nitrogen and oxygen atoms in total. The smallest absolute Gasteiger partial charge is 0.256 e. The van der Waals surface area contributed by atoms with Gasteiger partial charge in [-0.05, 0) is 35.0 Å². The van der Waals surface area contributed by atoms with Crippen molar-refractivity contribution in [2.45, 2.75) is 6.92 Å². The number of hydrogen-bond donors (Lipinski definition) is 2. The minimum absolute atomic E-state index is 0.184. The van der Waals surface area contributed by atoms with Gasteiger partial charge in [0.2, 0.25) is 5.91 Å². The Morgan fingerprint density at radius 3 is 2.44 bits per heavy atom. The average Bonchev–Trinajstić information content (AvgIpc) is 2.61. The fourth-order valence-electron chi connectivity index (χ4n) is 2.70. The van der Waals surface area contributed by atoms with Gasteiger partial charge in [0.15, 0.2) is 0 Å². The lowest BCUT2D eigenvalue weighted by Crippen LogP contribution is -2.14. The molecule has 5 heteroatoms. The Hall–Kier alpha value is -3.34. The van der Waals surface area contributed by atoms with Crippen molar-refractivity contribution in [2.75, 3.05) is 17.7 Å². The monoisotopic (exact) mass is 334 g/mol. The molecule has 0 spiro atoms. The van der Waals surface area contributed by atoms with Gasteiger partial charge in [-0.15, -0.1) is 0 Å². The summed E-state index contributed by atoms with van der Waals surface area (Å²) in [5, 5.41) is 7.43. The van der Waals surface area contributed by atoms with Gasteiger partial charge in [-0.1, -0.05) is 36.4 Å². The molecule has 2 N–H and O–H groups in total. The summed E-state index contributed by atoms with van der Waals surface area (Å²) in [4.78, 5) is 24.0. The van der Waals surface area contributed by atoms with Crippen LogP contribution in [0.2, 0.25) is 0 Å². The van der Waals surface area contributed by atoms with Crippen molar-refractivity contribution in [1.29, 1.82) is 0 Å². The van der Waals surface area contributed by atoms with Crippen LogP contribution < -0.4 is 15.4 Å². The predicted molar refractivity (Wildman–Crippen MR) is 99.2 cm³/mol. The van der Waals surface area contributed by atoms with Crippen LogP contribution in [0.15, 0.2) is 60.7 Å². The number of methoxy groups -OCH3 is 1. The van der Waals surface area contributed by atoms with E-state index in [1.54, 1.807) is 24.3 Å². The first-order valence-corrected chi connectivity index (χ1v) is 7.83. The molecule has 0 heterocycles. The average molecular weight is 334 g/mol. The van der Waals surface area contributed by atoms with E-state index in [9.17, 15) is 9.59 Å². The van der Waals surface area contributed by atoms with Gasteiger partial charge in [0, 0.05) is 18.2 Å². The number of amides is 2. The first-order valence-electron chi connectivity index (χ1n) is 7.83. The third kappa shape index (κ3) is 3.61. The molecule has 3 aromatic rings. The Kier molecular flexibility index (Phi) is 4.66. The van der Waals surface area contributed by atoms with Gasteiger partial charge in [0.25, 0.3) is 5.91 Å². The van der Waals surface area contributed by atoms with E-state index in [1.807, 2.05) is 36.4 Å². The molecule has 0 saturated carbocycles. The molecule has 0 atom stereocenters. The first-order chi connectivity index (χ1) is 12.1. The van der Waals surface area contributed by atoms with E-state index in [-0.39, 0.29) is 11.8 Å². The summed E-state index contributed by atoms with van der Waals surface area (Å²) in [5.41, 5.74) is 1.65. The highest BCUT2D eigenvalue weighted by molar-refractivity contribution is 6.13. The Balaban J connectivity index is 1.95. The third-order valence-corrected chi connectivity index (χ3v) is 3.80. The lowest BCUT2D eigenvalue weighted by molar-refractivity contribution is -0.114. The van der Waals surface area contributed by atoms with E-state index in [1.165, 1.54) is 14.0 Å². The highest BCUT2D eigenvalue weighted by atomic mass is 16.5. The molecule has 3 aromatic carbocycles. The van der Waals surface area contributed by atoms with Crippen LogP contribution in [0.3, 0.4) is 0 Å². The van der Waals surface area contributed by atoms with Crippen molar-refractivity contribution < 1.29 is 14.3 Å². The summed E-state index contributed by atoms with van der Waals surface area (Å²) in [6, 6.07) is 18.4. The minimum Gasteiger partial charge on any atom is -0.495 e. The topological polar surface area (TPSA) is 67.4 Å². The zero-order chi connectivity index (χ0) is 17.8. The van der Waals surface area contributed by atoms with Crippen LogP contribution in [0.5, 0.6) is 5.75 Å². The van der Waals surface area contributed by atoms with Gasteiger partial charge in [-0.25, -0.2) is 0 Å². The molecule has 0 aromatic heterocycles. The third-order valence-electron chi connectivity index (χ3n) is 3.80. The molecular weight excluding hydrogens is 316 g/mol. The zero-order valence-electron chi connectivity index (χ0n) is 14.0. The number of nitrogens with one attached hydrogen (secondary N) is 2. The van der Waals surface area contributed by atoms with E-state index >= 15 is 0 Å². The number of hydrogen-bond acceptors (Lipinski definition) is 3. The molecule has 0 unspecified atom stereocenters. The van der Waals surface area contributed by atoms with Crippen LogP contribution in [0.25, 0.3) is 10.8 Å². The lowest BCUT2D eigenvalue weighted by Gasteiger charge is -2.13. The van der Waals surface area contributed by atoms with Crippen LogP contribution in [-0.2, 0) is 4.79 Å². The van der Waals surface area contributed by atoms with E-state index < -0.39 is 0 Å². The summed E-state index contributed by atoms with van der Waals surface area (Å²) in [5.74, 6) is 0.0919. The number of fused-ring (bicyclic) bond motifs is 1. The van der Waals surface area contributed by atoms with Crippen LogP contribution >= 0.6 is 0 Å². The summed E-state index contributed by atoms with van der Waals surface area (Å²) < 4.78 is 5.30. The number of ether oxygens (including phenoxy) is 1. The molecule has 2 amide bonds. The molecule has 126 valence electrons. The van der Waals surface area contributed by atoms with Crippen LogP contribution in [0.1, 0.15) is 17.3 Å². The minimum atomic E-state index is -0.241. The van der Waals surface area contributed by atoms with Crippen LogP contribution in [-0.4, -0.2) is 18.9 Å². The van der Waals surface area contributed by atoms with Gasteiger partial charge < -0.3 is 15.4 Å². The SMILES string of the molecule is COc1ccc(NC(C)=O)cc1NC(=O)c1cccc2ccccc12. The maximum Gasteiger partial charge on any atom is 0.256 e. The van der Waals surface area contributed by atoms with E-state index in [2.05, 4.69) is 10.6 Å². The van der Waals surface area contributed by atoms with Gasteiger partial charge >= 0.3 is 0 Å². The van der Waals surface area contributed by atoms with Crippen molar-refractivity contribution in [2.24, 2.45) is 0 Å². The van der Waals surface area contributed by atoms with Crippen molar-refractivity contribution in [3.05, 3.63) is 66.2 Å². The molecule has 25 heavy (non-hydrogen) atoms. The normalized spacial score (nSPS) is 10.3. The predicted octanol–water partition coefficient (Wildman–Crippen LogP) is 4.06. The zero-order valence-corrected chi connectivity index (χ0v) is 14.0. The Morgan fingerprint density at radius 2 is 1.68 bits per heavy atom. The lowest BCUT2D eigenvalue weighted by atomic mass is 10.0. The first kappa shape index (κ1) is 16.5. The fourth-order valence-corrected chi connectivity index (χ4v) is 2.70. The molecule has 0 radical (unpaired) electrons.